The number of rotatable bonds is 2. The van der Waals surface area contributed by atoms with Gasteiger partial charge in [-0.15, -0.1) is 0 Å². The molecule has 0 atom stereocenters. The molecule has 1 aromatic carbocycles. The first-order valence-corrected chi connectivity index (χ1v) is 5.75. The van der Waals surface area contributed by atoms with Gasteiger partial charge in [-0.25, -0.2) is 4.39 Å². The second-order valence-corrected chi connectivity index (χ2v) is 4.58. The first-order chi connectivity index (χ1) is 8.06. The molecule has 0 bridgehead atoms. The van der Waals surface area contributed by atoms with Crippen molar-refractivity contribution in [3.63, 3.8) is 0 Å². The van der Waals surface area contributed by atoms with E-state index in [9.17, 15) is 9.18 Å². The summed E-state index contributed by atoms with van der Waals surface area (Å²) < 4.78 is 15.7. The fourth-order valence-corrected chi connectivity index (χ4v) is 1.93. The van der Waals surface area contributed by atoms with Gasteiger partial charge in [-0.1, -0.05) is 15.9 Å². The lowest BCUT2D eigenvalue weighted by Gasteiger charge is -2.08. The first kappa shape index (κ1) is 11.9. The zero-order valence-corrected chi connectivity index (χ0v) is 10.4. The molecular formula is C12H10BrFN2O. The van der Waals surface area contributed by atoms with Gasteiger partial charge in [0.2, 0.25) is 0 Å². The Balaban J connectivity index is 2.41. The fourth-order valence-electron chi connectivity index (χ4n) is 1.52. The lowest BCUT2D eigenvalue weighted by molar-refractivity contribution is 0.596. The summed E-state index contributed by atoms with van der Waals surface area (Å²) in [6.45, 7) is 0.162. The van der Waals surface area contributed by atoms with Gasteiger partial charge in [0.05, 0.1) is 6.54 Å². The third-order valence-electron chi connectivity index (χ3n) is 2.35. The van der Waals surface area contributed by atoms with E-state index in [2.05, 4.69) is 15.9 Å². The lowest BCUT2D eigenvalue weighted by atomic mass is 10.2. The minimum Gasteiger partial charge on any atom is -0.398 e. The molecule has 5 heteroatoms. The molecular weight excluding hydrogens is 287 g/mol. The summed E-state index contributed by atoms with van der Waals surface area (Å²) in [7, 11) is 0. The minimum absolute atomic E-state index is 0.162. The highest BCUT2D eigenvalue weighted by Gasteiger charge is 2.05. The molecule has 0 amide bonds. The van der Waals surface area contributed by atoms with Crippen LogP contribution in [0.5, 0.6) is 0 Å². The van der Waals surface area contributed by atoms with Crippen molar-refractivity contribution >= 4 is 21.6 Å². The van der Waals surface area contributed by atoms with Crippen LogP contribution >= 0.6 is 15.9 Å². The van der Waals surface area contributed by atoms with Crippen LogP contribution < -0.4 is 11.3 Å². The Morgan fingerprint density at radius 1 is 1.29 bits per heavy atom. The number of nitrogen functional groups attached to an aromatic ring is 1. The van der Waals surface area contributed by atoms with Crippen molar-refractivity contribution in [2.75, 3.05) is 5.73 Å². The zero-order valence-electron chi connectivity index (χ0n) is 8.86. The van der Waals surface area contributed by atoms with Crippen LogP contribution in [0.25, 0.3) is 0 Å². The highest BCUT2D eigenvalue weighted by Crippen LogP contribution is 2.16. The number of nitrogens with zero attached hydrogens (tertiary/aromatic N) is 1. The quantitative estimate of drug-likeness (QED) is 0.925. The second kappa shape index (κ2) is 4.71. The summed E-state index contributed by atoms with van der Waals surface area (Å²) in [6, 6.07) is 7.50. The number of pyridine rings is 1. The summed E-state index contributed by atoms with van der Waals surface area (Å²) in [4.78, 5) is 11.5. The zero-order chi connectivity index (χ0) is 12.4. The molecule has 0 aliphatic carbocycles. The maximum absolute atomic E-state index is 13.5. The van der Waals surface area contributed by atoms with Crippen molar-refractivity contribution in [3.8, 4) is 0 Å². The molecule has 88 valence electrons. The number of nitrogens with two attached hydrogens (primary N) is 1. The predicted molar refractivity (Wildman–Crippen MR) is 68.3 cm³/mol. The maximum Gasteiger partial charge on any atom is 0.250 e. The molecule has 0 unspecified atom stereocenters. The highest BCUT2D eigenvalue weighted by atomic mass is 79.9. The Labute approximate surface area is 106 Å². The van der Waals surface area contributed by atoms with Crippen LogP contribution in [0.2, 0.25) is 0 Å². The van der Waals surface area contributed by atoms with Crippen LogP contribution in [0, 0.1) is 5.82 Å². The second-order valence-electron chi connectivity index (χ2n) is 3.66. The molecule has 0 spiro atoms. The van der Waals surface area contributed by atoms with Gasteiger partial charge in [0.1, 0.15) is 5.82 Å². The predicted octanol–water partition coefficient (Wildman–Crippen LogP) is 2.38. The van der Waals surface area contributed by atoms with E-state index >= 15 is 0 Å². The normalized spacial score (nSPS) is 10.5. The molecule has 1 aromatic heterocycles. The van der Waals surface area contributed by atoms with Crippen molar-refractivity contribution in [1.29, 1.82) is 0 Å². The van der Waals surface area contributed by atoms with Crippen molar-refractivity contribution in [3.05, 3.63) is 62.7 Å². The number of halogens is 2. The summed E-state index contributed by atoms with van der Waals surface area (Å²) in [5.74, 6) is -0.345. The Bertz CT molecular complexity index is 610. The third kappa shape index (κ3) is 2.74. The Kier molecular flexibility index (Phi) is 3.28. The number of anilines is 1. The molecule has 3 nitrogen and oxygen atoms in total. The molecule has 2 aromatic rings. The molecule has 17 heavy (non-hydrogen) atoms. The van der Waals surface area contributed by atoms with Gasteiger partial charge in [0.25, 0.3) is 5.56 Å². The first-order valence-electron chi connectivity index (χ1n) is 4.96. The molecule has 0 radical (unpaired) electrons. The summed E-state index contributed by atoms with van der Waals surface area (Å²) in [6.07, 6.45) is 1.50. The average molecular weight is 297 g/mol. The Morgan fingerprint density at radius 2 is 2.06 bits per heavy atom. The van der Waals surface area contributed by atoms with Gasteiger partial charge in [-0.2, -0.15) is 0 Å². The van der Waals surface area contributed by atoms with Gasteiger partial charge >= 0.3 is 0 Å². The largest absolute Gasteiger partial charge is 0.398 e. The van der Waals surface area contributed by atoms with Crippen LogP contribution in [0.1, 0.15) is 5.56 Å². The standard InChI is InChI=1S/C12H10BrFN2O/c13-9-1-3-11(14)8(5-9)6-16-7-10(15)2-4-12(16)17/h1-5,7H,6,15H2. The van der Waals surface area contributed by atoms with Crippen LogP contribution in [0.15, 0.2) is 45.8 Å². The van der Waals surface area contributed by atoms with Gasteiger partial charge in [-0.3, -0.25) is 4.79 Å². The molecule has 2 rings (SSSR count). The van der Waals surface area contributed by atoms with E-state index < -0.39 is 0 Å². The van der Waals surface area contributed by atoms with Crippen molar-refractivity contribution in [2.45, 2.75) is 6.54 Å². The van der Waals surface area contributed by atoms with Crippen molar-refractivity contribution < 1.29 is 4.39 Å². The van der Waals surface area contributed by atoms with Gasteiger partial charge in [0.15, 0.2) is 0 Å². The smallest absolute Gasteiger partial charge is 0.250 e. The van der Waals surface area contributed by atoms with Crippen LogP contribution in [0.3, 0.4) is 0 Å². The molecule has 0 aliphatic rings. The van der Waals surface area contributed by atoms with Gasteiger partial charge in [-0.05, 0) is 24.3 Å². The van der Waals surface area contributed by atoms with E-state index in [1.54, 1.807) is 12.1 Å². The summed E-state index contributed by atoms with van der Waals surface area (Å²) >= 11 is 3.26. The molecule has 0 saturated heterocycles. The molecule has 2 N–H and O–H groups in total. The van der Waals surface area contributed by atoms with E-state index in [1.165, 1.54) is 29.0 Å². The Morgan fingerprint density at radius 3 is 2.82 bits per heavy atom. The highest BCUT2D eigenvalue weighted by molar-refractivity contribution is 9.10. The summed E-state index contributed by atoms with van der Waals surface area (Å²) in [5.41, 5.74) is 6.29. The van der Waals surface area contributed by atoms with Crippen molar-refractivity contribution in [2.24, 2.45) is 0 Å². The van der Waals surface area contributed by atoms with Crippen LogP contribution in [-0.4, -0.2) is 4.57 Å². The van der Waals surface area contributed by atoms with Gasteiger partial charge < -0.3 is 10.3 Å². The van der Waals surface area contributed by atoms with Crippen molar-refractivity contribution in [1.82, 2.24) is 4.57 Å². The van der Waals surface area contributed by atoms with E-state index in [0.29, 0.717) is 11.3 Å². The molecule has 1 heterocycles. The third-order valence-corrected chi connectivity index (χ3v) is 2.85. The van der Waals surface area contributed by atoms with Crippen LogP contribution in [-0.2, 0) is 6.54 Å². The SMILES string of the molecule is Nc1ccc(=O)n(Cc2cc(Br)ccc2F)c1. The monoisotopic (exact) mass is 296 g/mol. The number of aromatic nitrogens is 1. The minimum atomic E-state index is -0.345. The van der Waals surface area contributed by atoms with E-state index in [-0.39, 0.29) is 17.9 Å². The molecule has 0 saturated carbocycles. The maximum atomic E-state index is 13.5. The number of hydrogen-bond acceptors (Lipinski definition) is 2. The lowest BCUT2D eigenvalue weighted by Crippen LogP contribution is -2.20. The number of hydrogen-bond donors (Lipinski definition) is 1. The van der Waals surface area contributed by atoms with Gasteiger partial charge in [0, 0.05) is 28.0 Å². The average Bonchev–Trinajstić information content (AvgIpc) is 2.28. The van der Waals surface area contributed by atoms with Crippen LogP contribution in [0.4, 0.5) is 10.1 Å². The molecule has 0 aliphatic heterocycles. The molecule has 0 fully saturated rings. The fraction of sp³-hybridized carbons (Fsp3) is 0.0833. The summed E-state index contributed by atoms with van der Waals surface area (Å²) in [5, 5.41) is 0. The van der Waals surface area contributed by atoms with E-state index in [0.717, 1.165) is 4.47 Å². The topological polar surface area (TPSA) is 48.0 Å². The van der Waals surface area contributed by atoms with E-state index in [1.807, 2.05) is 0 Å². The Hall–Kier alpha value is -1.62. The van der Waals surface area contributed by atoms with E-state index in [4.69, 9.17) is 5.73 Å². The number of benzene rings is 1.